The third-order valence-electron chi connectivity index (χ3n) is 5.07. The van der Waals surface area contributed by atoms with Gasteiger partial charge in [0.2, 0.25) is 11.8 Å². The second-order valence-electron chi connectivity index (χ2n) is 7.15. The van der Waals surface area contributed by atoms with Crippen molar-refractivity contribution in [3.8, 4) is 5.75 Å². The fourth-order valence-corrected chi connectivity index (χ4v) is 3.63. The number of carbonyl (C=O) groups excluding carboxylic acids is 2. The largest absolute Gasteiger partial charge is 0.495 e. The summed E-state index contributed by atoms with van der Waals surface area (Å²) >= 11 is 6.00. The summed E-state index contributed by atoms with van der Waals surface area (Å²) in [6.07, 6.45) is 1.49. The van der Waals surface area contributed by atoms with E-state index < -0.39 is 0 Å². The van der Waals surface area contributed by atoms with Gasteiger partial charge in [0, 0.05) is 17.5 Å². The molecular weight excluding hydrogens is 390 g/mol. The number of benzene rings is 2. The highest BCUT2D eigenvalue weighted by Crippen LogP contribution is 2.27. The maximum Gasteiger partial charge on any atom is 0.238 e. The summed E-state index contributed by atoms with van der Waals surface area (Å²) < 4.78 is 5.26. The molecule has 0 atom stereocenters. The Balaban J connectivity index is 1.43. The lowest BCUT2D eigenvalue weighted by Crippen LogP contribution is -2.43. The first-order valence-corrected chi connectivity index (χ1v) is 10.1. The Morgan fingerprint density at radius 2 is 1.86 bits per heavy atom. The number of piperidine rings is 1. The standard InChI is InChI=1S/C22H26ClN3O3/c1-29-20-8-7-18(23)13-19(20)25-21(27)15-26-11-9-17(10-12-26)22(28)24-14-16-5-3-2-4-6-16/h2-8,13,17H,9-12,14-15H2,1H3,(H,24,28)(H,25,27). The molecule has 2 aromatic carbocycles. The number of carbonyl (C=O) groups is 2. The van der Waals surface area contributed by atoms with Gasteiger partial charge in [0.1, 0.15) is 5.75 Å². The molecule has 3 rings (SSSR count). The zero-order valence-corrected chi connectivity index (χ0v) is 17.2. The van der Waals surface area contributed by atoms with Crippen LogP contribution in [-0.4, -0.2) is 43.5 Å². The normalized spacial score (nSPS) is 15.0. The molecule has 0 aromatic heterocycles. The Hall–Kier alpha value is -2.57. The maximum atomic E-state index is 12.4. The van der Waals surface area contributed by atoms with E-state index in [4.69, 9.17) is 16.3 Å². The van der Waals surface area contributed by atoms with Crippen LogP contribution in [0, 0.1) is 5.92 Å². The molecule has 154 valence electrons. The van der Waals surface area contributed by atoms with Crippen LogP contribution in [-0.2, 0) is 16.1 Å². The lowest BCUT2D eigenvalue weighted by molar-refractivity contribution is -0.126. The van der Waals surface area contributed by atoms with Crippen molar-refractivity contribution in [1.29, 1.82) is 0 Å². The van der Waals surface area contributed by atoms with Gasteiger partial charge in [-0.05, 0) is 49.7 Å². The molecule has 2 amide bonds. The molecule has 0 aliphatic carbocycles. The van der Waals surface area contributed by atoms with Gasteiger partial charge in [0.25, 0.3) is 0 Å². The average molecular weight is 416 g/mol. The molecule has 2 N–H and O–H groups in total. The molecule has 1 aliphatic heterocycles. The number of hydrogen-bond donors (Lipinski definition) is 2. The van der Waals surface area contributed by atoms with E-state index in [1.54, 1.807) is 25.3 Å². The Morgan fingerprint density at radius 1 is 1.14 bits per heavy atom. The molecular formula is C22H26ClN3O3. The topological polar surface area (TPSA) is 70.7 Å². The van der Waals surface area contributed by atoms with Crippen molar-refractivity contribution < 1.29 is 14.3 Å². The van der Waals surface area contributed by atoms with Crippen molar-refractivity contribution in [2.24, 2.45) is 5.92 Å². The number of nitrogens with zero attached hydrogens (tertiary/aromatic N) is 1. The van der Waals surface area contributed by atoms with Crippen LogP contribution < -0.4 is 15.4 Å². The maximum absolute atomic E-state index is 12.4. The third-order valence-corrected chi connectivity index (χ3v) is 5.31. The number of hydrogen-bond acceptors (Lipinski definition) is 4. The van der Waals surface area contributed by atoms with Gasteiger partial charge in [0.15, 0.2) is 0 Å². The fourth-order valence-electron chi connectivity index (χ4n) is 3.45. The minimum Gasteiger partial charge on any atom is -0.495 e. The van der Waals surface area contributed by atoms with Crippen molar-refractivity contribution in [3.63, 3.8) is 0 Å². The number of halogens is 1. The molecule has 1 fully saturated rings. The SMILES string of the molecule is COc1ccc(Cl)cc1NC(=O)CN1CCC(C(=O)NCc2ccccc2)CC1. The second-order valence-corrected chi connectivity index (χ2v) is 7.58. The van der Waals surface area contributed by atoms with Crippen LogP contribution in [0.15, 0.2) is 48.5 Å². The summed E-state index contributed by atoms with van der Waals surface area (Å²) in [5.74, 6) is 0.516. The van der Waals surface area contributed by atoms with E-state index in [1.165, 1.54) is 0 Å². The van der Waals surface area contributed by atoms with E-state index in [-0.39, 0.29) is 24.3 Å². The van der Waals surface area contributed by atoms with E-state index in [0.717, 1.165) is 18.4 Å². The number of anilines is 1. The highest BCUT2D eigenvalue weighted by Gasteiger charge is 2.26. The van der Waals surface area contributed by atoms with Crippen LogP contribution in [0.25, 0.3) is 0 Å². The van der Waals surface area contributed by atoms with Crippen molar-refractivity contribution in [3.05, 3.63) is 59.1 Å². The predicted molar refractivity (Wildman–Crippen MR) is 114 cm³/mol. The predicted octanol–water partition coefficient (Wildman–Crippen LogP) is 3.32. The smallest absolute Gasteiger partial charge is 0.238 e. The van der Waals surface area contributed by atoms with Crippen LogP contribution in [0.3, 0.4) is 0 Å². The summed E-state index contributed by atoms with van der Waals surface area (Å²) in [5.41, 5.74) is 1.64. The quantitative estimate of drug-likeness (QED) is 0.727. The molecule has 0 bridgehead atoms. The number of likely N-dealkylation sites (tertiary alicyclic amines) is 1. The summed E-state index contributed by atoms with van der Waals surface area (Å²) in [7, 11) is 1.55. The lowest BCUT2D eigenvalue weighted by atomic mass is 9.96. The molecule has 1 saturated heterocycles. The van der Waals surface area contributed by atoms with E-state index in [1.807, 2.05) is 30.3 Å². The average Bonchev–Trinajstić information content (AvgIpc) is 2.73. The Bertz CT molecular complexity index is 836. The lowest BCUT2D eigenvalue weighted by Gasteiger charge is -2.30. The van der Waals surface area contributed by atoms with Crippen LogP contribution in [0.1, 0.15) is 18.4 Å². The number of ether oxygens (including phenoxy) is 1. The number of rotatable bonds is 7. The van der Waals surface area contributed by atoms with Gasteiger partial charge in [-0.3, -0.25) is 14.5 Å². The van der Waals surface area contributed by atoms with Gasteiger partial charge in [-0.15, -0.1) is 0 Å². The molecule has 1 aliphatic rings. The van der Waals surface area contributed by atoms with Crippen LogP contribution in [0.4, 0.5) is 5.69 Å². The first-order valence-electron chi connectivity index (χ1n) is 9.72. The Morgan fingerprint density at radius 3 is 2.55 bits per heavy atom. The first kappa shape index (κ1) is 21.1. The number of methoxy groups -OCH3 is 1. The third kappa shape index (κ3) is 6.21. The molecule has 0 spiro atoms. The minimum absolute atomic E-state index is 0.00829. The van der Waals surface area contributed by atoms with Gasteiger partial charge in [0.05, 0.1) is 19.3 Å². The van der Waals surface area contributed by atoms with Crippen molar-refractivity contribution in [1.82, 2.24) is 10.2 Å². The molecule has 1 heterocycles. The summed E-state index contributed by atoms with van der Waals surface area (Å²) in [6, 6.07) is 15.0. The number of nitrogens with one attached hydrogen (secondary N) is 2. The van der Waals surface area contributed by atoms with Crippen molar-refractivity contribution in [2.45, 2.75) is 19.4 Å². The summed E-state index contributed by atoms with van der Waals surface area (Å²) in [6.45, 7) is 2.24. The fraction of sp³-hybridized carbons (Fsp3) is 0.364. The molecule has 29 heavy (non-hydrogen) atoms. The van der Waals surface area contributed by atoms with E-state index >= 15 is 0 Å². The monoisotopic (exact) mass is 415 g/mol. The zero-order valence-electron chi connectivity index (χ0n) is 16.5. The number of amides is 2. The minimum atomic E-state index is -0.127. The Labute approximate surface area is 176 Å². The Kier molecular flexibility index (Phi) is 7.49. The molecule has 0 unspecified atom stereocenters. The van der Waals surface area contributed by atoms with Gasteiger partial charge >= 0.3 is 0 Å². The van der Waals surface area contributed by atoms with Crippen LogP contribution >= 0.6 is 11.6 Å². The summed E-state index contributed by atoms with van der Waals surface area (Å²) in [5, 5.41) is 6.40. The molecule has 7 heteroatoms. The second kappa shape index (κ2) is 10.3. The summed E-state index contributed by atoms with van der Waals surface area (Å²) in [4.78, 5) is 26.9. The molecule has 0 saturated carbocycles. The van der Waals surface area contributed by atoms with Crippen LogP contribution in [0.5, 0.6) is 5.75 Å². The first-order chi connectivity index (χ1) is 14.0. The van der Waals surface area contributed by atoms with Gasteiger partial charge in [-0.25, -0.2) is 0 Å². The molecule has 6 nitrogen and oxygen atoms in total. The highest BCUT2D eigenvalue weighted by atomic mass is 35.5. The van der Waals surface area contributed by atoms with E-state index in [2.05, 4.69) is 15.5 Å². The van der Waals surface area contributed by atoms with E-state index in [0.29, 0.717) is 36.1 Å². The van der Waals surface area contributed by atoms with Gasteiger partial charge in [-0.2, -0.15) is 0 Å². The highest BCUT2D eigenvalue weighted by molar-refractivity contribution is 6.31. The van der Waals surface area contributed by atoms with Gasteiger partial charge in [-0.1, -0.05) is 41.9 Å². The van der Waals surface area contributed by atoms with E-state index in [9.17, 15) is 9.59 Å². The molecule has 0 radical (unpaired) electrons. The zero-order chi connectivity index (χ0) is 20.6. The van der Waals surface area contributed by atoms with Crippen LogP contribution in [0.2, 0.25) is 5.02 Å². The molecule has 2 aromatic rings. The van der Waals surface area contributed by atoms with Gasteiger partial charge < -0.3 is 15.4 Å². The van der Waals surface area contributed by atoms with Crippen molar-refractivity contribution >= 4 is 29.1 Å². The van der Waals surface area contributed by atoms with Crippen molar-refractivity contribution in [2.75, 3.05) is 32.1 Å².